The number of carboxylic acid groups (broad SMARTS) is 1. The molecule has 1 N–H and O–H groups in total. The molecule has 2 rings (SSSR count). The van der Waals surface area contributed by atoms with E-state index in [9.17, 15) is 9.59 Å². The summed E-state index contributed by atoms with van der Waals surface area (Å²) in [6.45, 7) is 1.72. The third-order valence-electron chi connectivity index (χ3n) is 3.09. The van der Waals surface area contributed by atoms with Crippen molar-refractivity contribution in [1.82, 2.24) is 0 Å². The predicted octanol–water partition coefficient (Wildman–Crippen LogP) is 3.75. The van der Waals surface area contributed by atoms with Gasteiger partial charge >= 0.3 is 5.97 Å². The van der Waals surface area contributed by atoms with E-state index in [1.54, 1.807) is 30.3 Å². The fraction of sp³-hybridized carbons (Fsp3) is 0.176. The molecule has 0 aliphatic carbocycles. The summed E-state index contributed by atoms with van der Waals surface area (Å²) in [7, 11) is 0. The van der Waals surface area contributed by atoms with Crippen LogP contribution >= 0.6 is 11.6 Å². The van der Waals surface area contributed by atoms with Crippen LogP contribution in [0.2, 0.25) is 5.02 Å². The summed E-state index contributed by atoms with van der Waals surface area (Å²) in [4.78, 5) is 22.4. The van der Waals surface area contributed by atoms with Gasteiger partial charge in [0.25, 0.3) is 0 Å². The van der Waals surface area contributed by atoms with Crippen molar-refractivity contribution in [3.63, 3.8) is 0 Å². The Morgan fingerprint density at radius 2 is 1.95 bits per heavy atom. The van der Waals surface area contributed by atoms with Gasteiger partial charge in [0.2, 0.25) is 0 Å². The van der Waals surface area contributed by atoms with Crippen molar-refractivity contribution in [1.29, 1.82) is 0 Å². The van der Waals surface area contributed by atoms with Crippen LogP contribution in [0, 0.1) is 0 Å². The van der Waals surface area contributed by atoms with E-state index in [-0.39, 0.29) is 12.2 Å². The fourth-order valence-electron chi connectivity index (χ4n) is 2.11. The highest BCUT2D eigenvalue weighted by Crippen LogP contribution is 2.21. The SMILES string of the molecule is CC(=O)c1ccc(OCc2cccc(Cl)c2)cc1CC(=O)O. The van der Waals surface area contributed by atoms with Gasteiger partial charge < -0.3 is 9.84 Å². The third-order valence-corrected chi connectivity index (χ3v) is 3.33. The maximum Gasteiger partial charge on any atom is 0.307 e. The average molecular weight is 319 g/mol. The lowest BCUT2D eigenvalue weighted by Crippen LogP contribution is -2.07. The molecule has 0 saturated carbocycles. The number of benzene rings is 2. The normalized spacial score (nSPS) is 10.3. The molecule has 0 radical (unpaired) electrons. The van der Waals surface area contributed by atoms with E-state index in [1.165, 1.54) is 6.92 Å². The minimum absolute atomic E-state index is 0.169. The fourth-order valence-corrected chi connectivity index (χ4v) is 2.32. The quantitative estimate of drug-likeness (QED) is 0.824. The lowest BCUT2D eigenvalue weighted by molar-refractivity contribution is -0.136. The van der Waals surface area contributed by atoms with Crippen molar-refractivity contribution in [2.45, 2.75) is 20.0 Å². The third kappa shape index (κ3) is 4.33. The minimum atomic E-state index is -0.991. The molecule has 114 valence electrons. The van der Waals surface area contributed by atoms with Crippen molar-refractivity contribution in [2.75, 3.05) is 0 Å². The topological polar surface area (TPSA) is 63.6 Å². The highest BCUT2D eigenvalue weighted by atomic mass is 35.5. The van der Waals surface area contributed by atoms with Crippen LogP contribution in [0.5, 0.6) is 5.75 Å². The molecule has 0 saturated heterocycles. The molecule has 4 nitrogen and oxygen atoms in total. The number of aliphatic carboxylic acids is 1. The van der Waals surface area contributed by atoms with Crippen molar-refractivity contribution in [3.8, 4) is 5.75 Å². The molecule has 0 atom stereocenters. The Morgan fingerprint density at radius 1 is 1.18 bits per heavy atom. The predicted molar refractivity (Wildman–Crippen MR) is 83.6 cm³/mol. The molecule has 0 fully saturated rings. The molecular formula is C17H15ClO4. The second-order valence-electron chi connectivity index (χ2n) is 4.86. The molecule has 0 aromatic heterocycles. The highest BCUT2D eigenvalue weighted by Gasteiger charge is 2.12. The molecule has 0 aliphatic heterocycles. The number of carbonyl (C=O) groups is 2. The van der Waals surface area contributed by atoms with Gasteiger partial charge in [-0.2, -0.15) is 0 Å². The van der Waals surface area contributed by atoms with Crippen LogP contribution in [-0.4, -0.2) is 16.9 Å². The van der Waals surface area contributed by atoms with Gasteiger partial charge in [0.15, 0.2) is 5.78 Å². The van der Waals surface area contributed by atoms with Crippen molar-refractivity contribution in [3.05, 3.63) is 64.2 Å². The zero-order valence-electron chi connectivity index (χ0n) is 12.0. The van der Waals surface area contributed by atoms with Gasteiger partial charge in [0.05, 0.1) is 6.42 Å². The number of halogens is 1. The van der Waals surface area contributed by atoms with Crippen LogP contribution in [0.3, 0.4) is 0 Å². The summed E-state index contributed by atoms with van der Waals surface area (Å²) in [6.07, 6.45) is -0.219. The Kier molecular flexibility index (Phi) is 5.17. The maximum atomic E-state index is 11.5. The Morgan fingerprint density at radius 3 is 2.59 bits per heavy atom. The molecule has 5 heteroatoms. The number of ketones is 1. The zero-order valence-corrected chi connectivity index (χ0v) is 12.8. The van der Waals surface area contributed by atoms with E-state index >= 15 is 0 Å². The van der Waals surface area contributed by atoms with Gasteiger partial charge in [0, 0.05) is 10.6 Å². The molecule has 2 aromatic rings. The van der Waals surface area contributed by atoms with Crippen molar-refractivity contribution >= 4 is 23.4 Å². The largest absolute Gasteiger partial charge is 0.489 e. The van der Waals surface area contributed by atoms with Crippen LogP contribution in [0.1, 0.15) is 28.4 Å². The summed E-state index contributed by atoms with van der Waals surface area (Å²) < 4.78 is 5.64. The first kappa shape index (κ1) is 16.0. The molecule has 2 aromatic carbocycles. The molecular weight excluding hydrogens is 304 g/mol. The van der Waals surface area contributed by atoms with Crippen LogP contribution in [0.15, 0.2) is 42.5 Å². The summed E-state index contributed by atoms with van der Waals surface area (Å²) >= 11 is 5.91. The number of carboxylic acids is 1. The van der Waals surface area contributed by atoms with Gasteiger partial charge in [-0.25, -0.2) is 0 Å². The first-order valence-electron chi connectivity index (χ1n) is 6.68. The summed E-state index contributed by atoms with van der Waals surface area (Å²) in [5, 5.41) is 9.56. The van der Waals surface area contributed by atoms with Gasteiger partial charge in [-0.3, -0.25) is 9.59 Å². The van der Waals surface area contributed by atoms with Crippen LogP contribution in [0.25, 0.3) is 0 Å². The molecule has 0 aliphatic rings. The average Bonchev–Trinajstić information content (AvgIpc) is 2.44. The standard InChI is InChI=1S/C17H15ClO4/c1-11(19)16-6-5-15(8-13(16)9-17(20)21)22-10-12-3-2-4-14(18)7-12/h2-8H,9-10H2,1H3,(H,20,21). The number of hydrogen-bond acceptors (Lipinski definition) is 3. The number of carbonyl (C=O) groups excluding carboxylic acids is 1. The summed E-state index contributed by atoms with van der Waals surface area (Å²) in [6, 6.07) is 12.1. The molecule has 0 amide bonds. The minimum Gasteiger partial charge on any atom is -0.489 e. The van der Waals surface area contributed by atoms with Gasteiger partial charge in [-0.1, -0.05) is 23.7 Å². The van der Waals surface area contributed by atoms with E-state index in [4.69, 9.17) is 21.4 Å². The first-order valence-corrected chi connectivity index (χ1v) is 7.06. The van der Waals surface area contributed by atoms with Gasteiger partial charge in [-0.15, -0.1) is 0 Å². The highest BCUT2D eigenvalue weighted by molar-refractivity contribution is 6.30. The van der Waals surface area contributed by atoms with E-state index in [0.717, 1.165) is 5.56 Å². The van der Waals surface area contributed by atoms with E-state index < -0.39 is 5.97 Å². The second kappa shape index (κ2) is 7.09. The summed E-state index contributed by atoms with van der Waals surface area (Å²) in [5.74, 6) is -0.645. The first-order chi connectivity index (χ1) is 10.5. The Labute approximate surface area is 133 Å². The van der Waals surface area contributed by atoms with Crippen LogP contribution in [-0.2, 0) is 17.8 Å². The molecule has 0 spiro atoms. The number of ether oxygens (including phenoxy) is 1. The van der Waals surface area contributed by atoms with Crippen LogP contribution < -0.4 is 4.74 Å². The lowest BCUT2D eigenvalue weighted by atomic mass is 10.0. The number of Topliss-reactive ketones (excluding diaryl/α,β-unsaturated/α-hetero) is 1. The van der Waals surface area contributed by atoms with Crippen LogP contribution in [0.4, 0.5) is 0 Å². The van der Waals surface area contributed by atoms with Crippen molar-refractivity contribution in [2.24, 2.45) is 0 Å². The summed E-state index contributed by atoms with van der Waals surface area (Å²) in [5.41, 5.74) is 1.75. The monoisotopic (exact) mass is 318 g/mol. The van der Waals surface area contributed by atoms with E-state index in [2.05, 4.69) is 0 Å². The smallest absolute Gasteiger partial charge is 0.307 e. The molecule has 0 unspecified atom stereocenters. The lowest BCUT2D eigenvalue weighted by Gasteiger charge is -2.10. The number of rotatable bonds is 6. The van der Waals surface area contributed by atoms with Gasteiger partial charge in [-0.05, 0) is 48.4 Å². The Hall–Kier alpha value is -2.33. The van der Waals surface area contributed by atoms with E-state index in [0.29, 0.717) is 28.5 Å². The zero-order chi connectivity index (χ0) is 16.1. The molecule has 0 heterocycles. The second-order valence-corrected chi connectivity index (χ2v) is 5.30. The molecule has 22 heavy (non-hydrogen) atoms. The number of hydrogen-bond donors (Lipinski definition) is 1. The maximum absolute atomic E-state index is 11.5. The van der Waals surface area contributed by atoms with E-state index in [1.807, 2.05) is 12.1 Å². The molecule has 0 bridgehead atoms. The Bertz CT molecular complexity index is 710. The van der Waals surface area contributed by atoms with Crippen molar-refractivity contribution < 1.29 is 19.4 Å². The Balaban J connectivity index is 2.17. The van der Waals surface area contributed by atoms with Gasteiger partial charge in [0.1, 0.15) is 12.4 Å².